The fourth-order valence-corrected chi connectivity index (χ4v) is 8.30. The maximum absolute atomic E-state index is 14.1. The summed E-state index contributed by atoms with van der Waals surface area (Å²) in [6.45, 7) is 14.1. The van der Waals surface area contributed by atoms with Gasteiger partial charge < -0.3 is 19.8 Å². The first kappa shape index (κ1) is 25.8. The second-order valence-electron chi connectivity index (χ2n) is 9.76. The highest BCUT2D eigenvalue weighted by Crippen LogP contribution is 2.67. The molecule has 3 rings (SSSR count). The number of nitrogens with zero attached hydrogens (tertiary/aromatic N) is 3. The predicted octanol–water partition coefficient (Wildman–Crippen LogP) is 2.31. The number of hydrogen-bond acceptors (Lipinski definition) is 5. The molecule has 7 nitrogen and oxygen atoms in total. The van der Waals surface area contributed by atoms with Gasteiger partial charge in [-0.05, 0) is 33.1 Å². The molecule has 8 heteroatoms. The number of likely N-dealkylation sites (N-methyl/N-ethyl adjacent to an activating group) is 1. The Balaban J connectivity index is 2.05. The third-order valence-electron chi connectivity index (χ3n) is 7.62. The molecule has 3 unspecified atom stereocenters. The smallest absolute Gasteiger partial charge is 0.247 e. The van der Waals surface area contributed by atoms with Crippen LogP contribution in [0.4, 0.5) is 0 Å². The van der Waals surface area contributed by atoms with Gasteiger partial charge in [0.05, 0.1) is 29.2 Å². The molecule has 1 N–H and O–H groups in total. The molecule has 2 bridgehead atoms. The lowest BCUT2D eigenvalue weighted by Gasteiger charge is -2.40. The summed E-state index contributed by atoms with van der Waals surface area (Å²) in [5.41, 5.74) is 0. The Morgan fingerprint density at radius 3 is 2.52 bits per heavy atom. The first-order valence-electron chi connectivity index (χ1n) is 12.1. The normalized spacial score (nSPS) is 31.8. The van der Waals surface area contributed by atoms with E-state index >= 15 is 0 Å². The molecule has 0 radical (unpaired) electrons. The van der Waals surface area contributed by atoms with Crippen LogP contribution in [0.3, 0.4) is 0 Å². The topological polar surface area (TPSA) is 81.2 Å². The van der Waals surface area contributed by atoms with Crippen molar-refractivity contribution in [3.63, 3.8) is 0 Å². The highest BCUT2D eigenvalue weighted by atomic mass is 32.2. The lowest BCUT2D eigenvalue weighted by atomic mass is 9.70. The number of aliphatic hydroxyl groups excluding tert-OH is 1. The number of carbonyl (C=O) groups excluding carboxylic acids is 3. The Morgan fingerprint density at radius 2 is 1.94 bits per heavy atom. The summed E-state index contributed by atoms with van der Waals surface area (Å²) >= 11 is 1.66. The minimum atomic E-state index is -0.686. The maximum atomic E-state index is 14.1. The molecule has 33 heavy (non-hydrogen) atoms. The first-order chi connectivity index (χ1) is 15.7. The predicted molar refractivity (Wildman–Crippen MR) is 132 cm³/mol. The van der Waals surface area contributed by atoms with Crippen molar-refractivity contribution < 1.29 is 19.5 Å². The number of amides is 3. The standard InChI is InChI=1S/C25H39N3O4S/c1-7-10-16(4)27(14-9-3)24(32)21-25-12-11-18(33-25)19(22(30)26(6)13-8-2)20(25)23(31)28(21)17(5)15-29/h8-9,16-21,29H,2-3,7,10-15H2,1,4-6H3/t16?,17-,18+,19-,20+,21?,25?/m1/s1. The highest BCUT2D eigenvalue weighted by Gasteiger charge is 2.74. The SMILES string of the molecule is C=CCN(C)C(=O)[C@@H]1[C@@H]2CCC3(S2)C(C(=O)N(CC=C)C(C)CCC)N([C@H](C)CO)C(=O)[C@H]13. The number of fused-ring (bicyclic) bond motifs is 1. The van der Waals surface area contributed by atoms with Gasteiger partial charge in [0.2, 0.25) is 17.7 Å². The zero-order valence-electron chi connectivity index (χ0n) is 20.4. The quantitative estimate of drug-likeness (QED) is 0.462. The average Bonchev–Trinajstić information content (AvgIpc) is 3.43. The van der Waals surface area contributed by atoms with Crippen LogP contribution >= 0.6 is 11.8 Å². The van der Waals surface area contributed by atoms with E-state index in [1.54, 1.807) is 47.7 Å². The van der Waals surface area contributed by atoms with Gasteiger partial charge in [-0.25, -0.2) is 0 Å². The molecular weight excluding hydrogens is 438 g/mol. The van der Waals surface area contributed by atoms with Crippen LogP contribution in [0.5, 0.6) is 0 Å². The summed E-state index contributed by atoms with van der Waals surface area (Å²) in [5, 5.41) is 10.0. The number of hydrogen-bond donors (Lipinski definition) is 1. The fraction of sp³-hybridized carbons (Fsp3) is 0.720. The van der Waals surface area contributed by atoms with E-state index in [0.29, 0.717) is 13.1 Å². The van der Waals surface area contributed by atoms with E-state index in [4.69, 9.17) is 0 Å². The van der Waals surface area contributed by atoms with Crippen molar-refractivity contribution in [3.8, 4) is 0 Å². The lowest BCUT2D eigenvalue weighted by molar-refractivity contribution is -0.147. The summed E-state index contributed by atoms with van der Waals surface area (Å²) in [7, 11) is 1.74. The van der Waals surface area contributed by atoms with Crippen LogP contribution in [-0.2, 0) is 14.4 Å². The minimum absolute atomic E-state index is 0.0112. The van der Waals surface area contributed by atoms with Gasteiger partial charge in [0.1, 0.15) is 6.04 Å². The average molecular weight is 478 g/mol. The number of likely N-dealkylation sites (tertiary alicyclic amines) is 1. The van der Waals surface area contributed by atoms with Crippen molar-refractivity contribution in [3.05, 3.63) is 25.3 Å². The van der Waals surface area contributed by atoms with E-state index in [1.807, 2.05) is 11.8 Å². The second kappa shape index (κ2) is 10.2. The molecule has 0 aromatic rings. The number of carbonyl (C=O) groups is 3. The van der Waals surface area contributed by atoms with E-state index in [0.717, 1.165) is 25.7 Å². The maximum Gasteiger partial charge on any atom is 0.247 e. The molecule has 3 aliphatic rings. The van der Waals surface area contributed by atoms with E-state index in [9.17, 15) is 19.5 Å². The van der Waals surface area contributed by atoms with Gasteiger partial charge in [-0.1, -0.05) is 25.5 Å². The van der Waals surface area contributed by atoms with Gasteiger partial charge in [0.15, 0.2) is 0 Å². The molecule has 0 aromatic heterocycles. The van der Waals surface area contributed by atoms with E-state index in [2.05, 4.69) is 20.1 Å². The molecule has 3 amide bonds. The Bertz CT molecular complexity index is 805. The second-order valence-corrected chi connectivity index (χ2v) is 11.4. The zero-order valence-corrected chi connectivity index (χ0v) is 21.2. The Morgan fingerprint density at radius 1 is 1.27 bits per heavy atom. The van der Waals surface area contributed by atoms with E-state index < -0.39 is 28.7 Å². The van der Waals surface area contributed by atoms with Crippen molar-refractivity contribution in [1.29, 1.82) is 0 Å². The van der Waals surface area contributed by atoms with Gasteiger partial charge in [-0.15, -0.1) is 24.9 Å². The van der Waals surface area contributed by atoms with Crippen molar-refractivity contribution in [2.24, 2.45) is 11.8 Å². The van der Waals surface area contributed by atoms with Gasteiger partial charge in [0.25, 0.3) is 0 Å². The van der Waals surface area contributed by atoms with Gasteiger partial charge in [-0.3, -0.25) is 14.4 Å². The van der Waals surface area contributed by atoms with Crippen LogP contribution in [0, 0.1) is 11.8 Å². The molecule has 7 atom stereocenters. The van der Waals surface area contributed by atoms with Crippen LogP contribution in [0.25, 0.3) is 0 Å². The first-order valence-corrected chi connectivity index (χ1v) is 13.0. The third kappa shape index (κ3) is 4.14. The van der Waals surface area contributed by atoms with Crippen LogP contribution in [0.15, 0.2) is 25.3 Å². The van der Waals surface area contributed by atoms with Gasteiger partial charge in [0, 0.05) is 31.4 Å². The molecular formula is C25H39N3O4S. The van der Waals surface area contributed by atoms with Crippen LogP contribution in [-0.4, -0.2) is 92.4 Å². The van der Waals surface area contributed by atoms with Crippen LogP contribution in [0.1, 0.15) is 46.5 Å². The summed E-state index contributed by atoms with van der Waals surface area (Å²) in [4.78, 5) is 46.5. The molecule has 3 aliphatic heterocycles. The number of thioether (sulfide) groups is 1. The minimum Gasteiger partial charge on any atom is -0.394 e. The zero-order chi connectivity index (χ0) is 24.5. The molecule has 3 saturated heterocycles. The third-order valence-corrected chi connectivity index (χ3v) is 9.57. The lowest BCUT2D eigenvalue weighted by Crippen LogP contribution is -2.58. The summed E-state index contributed by atoms with van der Waals surface area (Å²) in [5.74, 6) is -1.31. The number of aliphatic hydroxyl groups is 1. The van der Waals surface area contributed by atoms with Gasteiger partial charge >= 0.3 is 0 Å². The fourth-order valence-electron chi connectivity index (χ4n) is 6.11. The Kier molecular flexibility index (Phi) is 7.99. The highest BCUT2D eigenvalue weighted by molar-refractivity contribution is 8.02. The van der Waals surface area contributed by atoms with Crippen LogP contribution in [0.2, 0.25) is 0 Å². The summed E-state index contributed by atoms with van der Waals surface area (Å²) in [6, 6.07) is -1.18. The van der Waals surface area contributed by atoms with Crippen molar-refractivity contribution in [1.82, 2.24) is 14.7 Å². The Labute approximate surface area is 202 Å². The largest absolute Gasteiger partial charge is 0.394 e. The van der Waals surface area contributed by atoms with E-state index in [1.165, 1.54) is 0 Å². The van der Waals surface area contributed by atoms with E-state index in [-0.39, 0.29) is 35.6 Å². The molecule has 0 aliphatic carbocycles. The molecule has 0 aromatic carbocycles. The number of rotatable bonds is 11. The van der Waals surface area contributed by atoms with Gasteiger partial charge in [-0.2, -0.15) is 0 Å². The summed E-state index contributed by atoms with van der Waals surface area (Å²) < 4.78 is -0.636. The van der Waals surface area contributed by atoms with Crippen molar-refractivity contribution in [2.75, 3.05) is 26.7 Å². The van der Waals surface area contributed by atoms with Crippen molar-refractivity contribution >= 4 is 29.5 Å². The molecule has 3 fully saturated rings. The van der Waals surface area contributed by atoms with Crippen molar-refractivity contribution in [2.45, 2.75) is 74.6 Å². The molecule has 184 valence electrons. The summed E-state index contributed by atoms with van der Waals surface area (Å²) in [6.07, 6.45) is 6.74. The molecule has 3 heterocycles. The molecule has 0 saturated carbocycles. The Hall–Kier alpha value is -1.80. The van der Waals surface area contributed by atoms with Crippen LogP contribution < -0.4 is 0 Å². The monoisotopic (exact) mass is 477 g/mol. The molecule has 1 spiro atoms.